The number of amides is 2. The molecule has 4 fully saturated rings. The van der Waals surface area contributed by atoms with Crippen LogP contribution in [0.1, 0.15) is 27.1 Å². The topological polar surface area (TPSA) is 191 Å². The molecule has 1 saturated carbocycles. The van der Waals surface area contributed by atoms with Crippen LogP contribution in [0.3, 0.4) is 0 Å². The van der Waals surface area contributed by atoms with E-state index in [1.54, 1.807) is 12.1 Å². The van der Waals surface area contributed by atoms with Gasteiger partial charge in [0.25, 0.3) is 11.8 Å². The summed E-state index contributed by atoms with van der Waals surface area (Å²) in [5.41, 5.74) is 11.4. The number of nitrogens with one attached hydrogen (secondary N) is 6. The molecule has 4 aliphatic heterocycles. The average molecular weight is 754 g/mol. The Balaban J connectivity index is 1.31. The summed E-state index contributed by atoms with van der Waals surface area (Å²) in [5.74, 6) is -1.45. The molecule has 0 aromatic carbocycles. The average Bonchev–Trinajstić information content (AvgIpc) is 3.68. The van der Waals surface area contributed by atoms with Gasteiger partial charge in [-0.3, -0.25) is 30.9 Å². The van der Waals surface area contributed by atoms with Crippen molar-refractivity contribution in [2.24, 2.45) is 29.2 Å². The first-order chi connectivity index (χ1) is 18.5. The van der Waals surface area contributed by atoms with E-state index in [9.17, 15) is 14.7 Å². The van der Waals surface area contributed by atoms with E-state index in [4.69, 9.17) is 23.1 Å². The van der Waals surface area contributed by atoms with Crippen LogP contribution in [0.2, 0.25) is 0 Å². The summed E-state index contributed by atoms with van der Waals surface area (Å²) in [4.78, 5) is 31.8. The third-order valence-corrected chi connectivity index (χ3v) is 11.9. The van der Waals surface area contributed by atoms with Gasteiger partial charge in [-0.15, -0.1) is 11.6 Å². The Hall–Kier alpha value is -1.05. The molecule has 7 rings (SSSR count). The highest BCUT2D eigenvalue weighted by molar-refractivity contribution is 9.13. The maximum atomic E-state index is 13.9. The van der Waals surface area contributed by atoms with E-state index in [2.05, 4.69) is 79.4 Å². The zero-order chi connectivity index (χ0) is 27.6. The zero-order valence-corrected chi connectivity index (χ0v) is 25.6. The highest BCUT2D eigenvalue weighted by Crippen LogP contribution is 2.62. The van der Waals surface area contributed by atoms with Crippen molar-refractivity contribution in [2.45, 2.75) is 41.6 Å². The molecule has 17 heteroatoms. The first-order valence-corrected chi connectivity index (χ1v) is 15.2. The Morgan fingerprint density at radius 1 is 1.21 bits per heavy atom. The first kappa shape index (κ1) is 26.8. The highest BCUT2D eigenvalue weighted by atomic mass is 79.9. The fraction of sp³-hybridized carbons (Fsp3) is 0.545. The molecule has 210 valence electrons. The quantitative estimate of drug-likeness (QED) is 0.188. The molecule has 2 spiro atoms. The van der Waals surface area contributed by atoms with Crippen molar-refractivity contribution in [1.82, 2.24) is 41.0 Å². The molecule has 2 unspecified atom stereocenters. The molecule has 2 aromatic rings. The molecule has 39 heavy (non-hydrogen) atoms. The summed E-state index contributed by atoms with van der Waals surface area (Å²) in [6.07, 6.45) is -1.09. The van der Waals surface area contributed by atoms with E-state index >= 15 is 0 Å². The molecule has 13 nitrogen and oxygen atoms in total. The molecule has 6 heterocycles. The van der Waals surface area contributed by atoms with Crippen LogP contribution in [0.25, 0.3) is 0 Å². The lowest BCUT2D eigenvalue weighted by molar-refractivity contribution is -0.0326. The molecule has 10 atom stereocenters. The molecule has 5 aliphatic rings. The number of fused-ring (bicyclic) bond motifs is 4. The van der Waals surface area contributed by atoms with Gasteiger partial charge in [0.2, 0.25) is 0 Å². The largest absolute Gasteiger partial charge is 0.376 e. The van der Waals surface area contributed by atoms with Gasteiger partial charge >= 0.3 is 0 Å². The van der Waals surface area contributed by atoms with E-state index in [0.717, 1.165) is 8.95 Å². The summed E-state index contributed by atoms with van der Waals surface area (Å²) in [6, 6.07) is 3.47. The Bertz CT molecular complexity index is 1370. The van der Waals surface area contributed by atoms with E-state index in [1.807, 2.05) is 15.7 Å². The number of hydrogen-bond acceptors (Lipinski definition) is 9. The fourth-order valence-electron chi connectivity index (χ4n) is 7.74. The summed E-state index contributed by atoms with van der Waals surface area (Å²) in [5, 5.41) is 27.0. The number of aromatic amines is 1. The second-order valence-corrected chi connectivity index (χ2v) is 13.8. The number of aliphatic hydroxyl groups excluding tert-OH is 1. The van der Waals surface area contributed by atoms with Crippen molar-refractivity contribution in [3.05, 3.63) is 43.3 Å². The van der Waals surface area contributed by atoms with Gasteiger partial charge in [0.15, 0.2) is 0 Å². The first-order valence-electron chi connectivity index (χ1n) is 12.4. The minimum Gasteiger partial charge on any atom is -0.376 e. The van der Waals surface area contributed by atoms with Crippen LogP contribution in [0, 0.1) is 17.8 Å². The molecular weight excluding hydrogens is 727 g/mol. The lowest BCUT2D eigenvalue weighted by Gasteiger charge is -2.52. The lowest BCUT2D eigenvalue weighted by atomic mass is 9.74. The number of aromatic nitrogens is 2. The Labute approximate surface area is 252 Å². The van der Waals surface area contributed by atoms with Crippen molar-refractivity contribution >= 4 is 71.2 Å². The second kappa shape index (κ2) is 8.97. The van der Waals surface area contributed by atoms with Crippen molar-refractivity contribution in [3.8, 4) is 0 Å². The number of carbonyl (C=O) groups is 2. The molecule has 11 N–H and O–H groups in total. The second-order valence-electron chi connectivity index (χ2n) is 10.8. The van der Waals surface area contributed by atoms with Crippen molar-refractivity contribution < 1.29 is 14.7 Å². The Morgan fingerprint density at radius 2 is 1.95 bits per heavy atom. The van der Waals surface area contributed by atoms with Crippen LogP contribution >= 0.6 is 59.4 Å². The summed E-state index contributed by atoms with van der Waals surface area (Å²) < 4.78 is 4.03. The minimum atomic E-state index is -1.15. The fourth-order valence-corrected chi connectivity index (χ4v) is 9.43. The number of alkyl halides is 1. The molecule has 0 bridgehead atoms. The van der Waals surface area contributed by atoms with Gasteiger partial charge in [-0.1, -0.05) is 0 Å². The number of nitrogens with zero attached hydrogens (tertiary/aromatic N) is 2. The normalized spacial score (nSPS) is 42.1. The number of hydrogen-bond donors (Lipinski definition) is 9. The molecular formula is C22H26Br3ClN10O3. The van der Waals surface area contributed by atoms with Crippen molar-refractivity contribution in [3.63, 3.8) is 0 Å². The molecule has 2 aromatic heterocycles. The summed E-state index contributed by atoms with van der Waals surface area (Å²) in [6.45, 7) is 0.562. The van der Waals surface area contributed by atoms with Gasteiger partial charge < -0.3 is 36.3 Å². The van der Waals surface area contributed by atoms with E-state index in [1.165, 1.54) is 0 Å². The number of nitrogens with two attached hydrogens (primary N) is 2. The lowest BCUT2D eigenvalue weighted by Crippen LogP contribution is -2.73. The molecule has 1 aliphatic carbocycles. The van der Waals surface area contributed by atoms with Gasteiger partial charge in [0.1, 0.15) is 42.0 Å². The number of H-pyrrole nitrogens is 1. The van der Waals surface area contributed by atoms with Crippen LogP contribution in [0.15, 0.2) is 31.9 Å². The van der Waals surface area contributed by atoms with E-state index in [0.29, 0.717) is 22.5 Å². The van der Waals surface area contributed by atoms with Gasteiger partial charge in [-0.05, 0) is 71.8 Å². The maximum Gasteiger partial charge on any atom is 0.272 e. The zero-order valence-electron chi connectivity index (χ0n) is 20.1. The van der Waals surface area contributed by atoms with E-state index < -0.39 is 47.5 Å². The van der Waals surface area contributed by atoms with Crippen LogP contribution < -0.4 is 38.1 Å². The smallest absolute Gasteiger partial charge is 0.272 e. The van der Waals surface area contributed by atoms with Crippen LogP contribution in [0.4, 0.5) is 0 Å². The minimum absolute atomic E-state index is 0.162. The standard InChI is InChI=1S/C22H26Br3ClN10O3/c23-6-1-11-16(38)36-5-8-7(3-29-15(37)10-2-9(24)14(25)30-10)13(26)21(18(39)32-20(28)33-21)12(8)22(36)17(35(11)4-6)31-19(27)34-22/h1-2,4,7-8,12-13,17-20,30-34,39H,3,5,27-28H2,(H,29,37)/t7-,8+,12+,13-,17+,18+,19?,20?,21+,22-/m0/s1. The van der Waals surface area contributed by atoms with Gasteiger partial charge in [-0.25, -0.2) is 0 Å². The van der Waals surface area contributed by atoms with Crippen LogP contribution in [0.5, 0.6) is 0 Å². The number of rotatable bonds is 3. The monoisotopic (exact) mass is 750 g/mol. The highest BCUT2D eigenvalue weighted by Gasteiger charge is 2.79. The van der Waals surface area contributed by atoms with Crippen LogP contribution in [-0.2, 0) is 0 Å². The number of carbonyl (C=O) groups excluding carboxylic acids is 2. The summed E-state index contributed by atoms with van der Waals surface area (Å²) in [7, 11) is 0. The Morgan fingerprint density at radius 3 is 2.62 bits per heavy atom. The molecule has 3 saturated heterocycles. The number of halogens is 4. The van der Waals surface area contributed by atoms with Crippen molar-refractivity contribution in [2.75, 3.05) is 13.1 Å². The molecule has 2 amide bonds. The van der Waals surface area contributed by atoms with Gasteiger partial charge in [0.05, 0.1) is 20.0 Å². The van der Waals surface area contributed by atoms with Gasteiger partial charge in [-0.2, -0.15) is 0 Å². The van der Waals surface area contributed by atoms with Gasteiger partial charge in [0, 0.05) is 29.7 Å². The predicted molar refractivity (Wildman–Crippen MR) is 151 cm³/mol. The third kappa shape index (κ3) is 3.48. The van der Waals surface area contributed by atoms with Crippen LogP contribution in [-0.4, -0.2) is 79.8 Å². The van der Waals surface area contributed by atoms with E-state index in [-0.39, 0.29) is 30.2 Å². The Kier molecular flexibility index (Phi) is 6.17. The summed E-state index contributed by atoms with van der Waals surface area (Å²) >= 11 is 17.5. The number of aliphatic hydroxyl groups is 1. The molecule has 0 radical (unpaired) electrons. The maximum absolute atomic E-state index is 13.9. The third-order valence-electron chi connectivity index (χ3n) is 9.00. The predicted octanol–water partition coefficient (Wildman–Crippen LogP) is -0.405. The van der Waals surface area contributed by atoms with Crippen molar-refractivity contribution in [1.29, 1.82) is 0 Å². The SMILES string of the molecule is NC1N[C@H](O)[C@@]2(N1)[C@H]1[C@H](CN3C(=O)c4cc(Br)cn4[C@H]4NC(N)N[C@@]413)[C@H](CNC(=O)c1cc(Br)c(Br)[nH]1)[C@@H]2Cl.